The number of thiophene rings is 1. The minimum atomic E-state index is -0.674. The van der Waals surface area contributed by atoms with Crippen LogP contribution in [0.15, 0.2) is 29.3 Å². The molecule has 1 unspecified atom stereocenters. The second-order valence-electron chi connectivity index (χ2n) is 6.97. The number of carbonyl (C=O) groups excluding carboxylic acids is 1. The average molecular weight is 413 g/mol. The fourth-order valence-corrected chi connectivity index (χ4v) is 5.08. The second kappa shape index (κ2) is 7.87. The molecule has 0 bridgehead atoms. The predicted octanol–water partition coefficient (Wildman–Crippen LogP) is 3.55. The van der Waals surface area contributed by atoms with Crippen molar-refractivity contribution in [3.8, 4) is 11.5 Å². The van der Waals surface area contributed by atoms with Crippen molar-refractivity contribution in [2.75, 3.05) is 19.5 Å². The van der Waals surface area contributed by atoms with Crippen LogP contribution in [0.2, 0.25) is 0 Å². The number of hydrogen-bond donors (Lipinski definition) is 1. The first kappa shape index (κ1) is 19.4. The van der Waals surface area contributed by atoms with Gasteiger partial charge in [0, 0.05) is 10.9 Å². The van der Waals surface area contributed by atoms with Gasteiger partial charge in [-0.3, -0.25) is 14.2 Å². The van der Waals surface area contributed by atoms with Crippen LogP contribution in [-0.4, -0.2) is 29.7 Å². The molecule has 1 atom stereocenters. The van der Waals surface area contributed by atoms with E-state index in [0.29, 0.717) is 29.0 Å². The van der Waals surface area contributed by atoms with Crippen LogP contribution in [0.3, 0.4) is 0 Å². The fraction of sp³-hybridized carbons (Fsp3) is 0.381. The minimum Gasteiger partial charge on any atom is -0.497 e. The van der Waals surface area contributed by atoms with Crippen molar-refractivity contribution in [1.29, 1.82) is 0 Å². The molecular weight excluding hydrogens is 390 g/mol. The lowest BCUT2D eigenvalue weighted by Gasteiger charge is -2.19. The molecule has 152 valence electrons. The summed E-state index contributed by atoms with van der Waals surface area (Å²) in [6.45, 7) is 1.88. The van der Waals surface area contributed by atoms with Crippen molar-refractivity contribution in [2.45, 2.75) is 38.6 Å². The van der Waals surface area contributed by atoms with E-state index in [0.717, 1.165) is 29.7 Å². The van der Waals surface area contributed by atoms with Crippen molar-refractivity contribution in [3.63, 3.8) is 0 Å². The molecular formula is C21H23N3O4S. The highest BCUT2D eigenvalue weighted by Crippen LogP contribution is 2.35. The molecule has 2 heterocycles. The van der Waals surface area contributed by atoms with E-state index in [9.17, 15) is 9.59 Å². The van der Waals surface area contributed by atoms with E-state index in [-0.39, 0.29) is 11.5 Å². The zero-order valence-electron chi connectivity index (χ0n) is 16.7. The van der Waals surface area contributed by atoms with Crippen molar-refractivity contribution < 1.29 is 14.3 Å². The van der Waals surface area contributed by atoms with E-state index in [2.05, 4.69) is 10.3 Å². The first-order valence-corrected chi connectivity index (χ1v) is 10.4. The fourth-order valence-electron chi connectivity index (χ4n) is 3.86. The lowest BCUT2D eigenvalue weighted by atomic mass is 10.1. The monoisotopic (exact) mass is 413 g/mol. The van der Waals surface area contributed by atoms with Crippen LogP contribution in [0, 0.1) is 0 Å². The number of aromatic nitrogens is 2. The lowest BCUT2D eigenvalue weighted by molar-refractivity contribution is -0.119. The van der Waals surface area contributed by atoms with Gasteiger partial charge in [0.1, 0.15) is 22.4 Å². The Morgan fingerprint density at radius 3 is 2.86 bits per heavy atom. The van der Waals surface area contributed by atoms with Gasteiger partial charge in [0.2, 0.25) is 5.91 Å². The summed E-state index contributed by atoms with van der Waals surface area (Å²) in [7, 11) is 3.09. The molecule has 0 saturated carbocycles. The number of carbonyl (C=O) groups is 1. The predicted molar refractivity (Wildman–Crippen MR) is 113 cm³/mol. The third kappa shape index (κ3) is 3.37. The summed E-state index contributed by atoms with van der Waals surface area (Å²) >= 11 is 1.59. The summed E-state index contributed by atoms with van der Waals surface area (Å²) < 4.78 is 12.0. The number of nitrogens with zero attached hydrogens (tertiary/aromatic N) is 2. The topological polar surface area (TPSA) is 82.4 Å². The van der Waals surface area contributed by atoms with E-state index in [4.69, 9.17) is 9.47 Å². The van der Waals surface area contributed by atoms with Gasteiger partial charge in [-0.1, -0.05) is 6.92 Å². The number of fused-ring (bicyclic) bond motifs is 3. The molecule has 1 N–H and O–H groups in total. The lowest BCUT2D eigenvalue weighted by Crippen LogP contribution is -2.33. The first-order valence-electron chi connectivity index (χ1n) is 9.61. The molecule has 1 aromatic carbocycles. The van der Waals surface area contributed by atoms with E-state index in [1.807, 2.05) is 6.92 Å². The van der Waals surface area contributed by atoms with Crippen LogP contribution in [-0.2, 0) is 17.6 Å². The van der Waals surface area contributed by atoms with Crippen LogP contribution in [0.1, 0.15) is 36.2 Å². The Labute approximate surface area is 172 Å². The molecule has 1 amide bonds. The highest BCUT2D eigenvalue weighted by Gasteiger charge is 2.26. The molecule has 0 fully saturated rings. The van der Waals surface area contributed by atoms with Crippen molar-refractivity contribution in [1.82, 2.24) is 9.55 Å². The average Bonchev–Trinajstić information content (AvgIpc) is 3.31. The summed E-state index contributed by atoms with van der Waals surface area (Å²) in [6, 6.07) is 4.50. The third-order valence-corrected chi connectivity index (χ3v) is 6.54. The zero-order chi connectivity index (χ0) is 20.5. The summed E-state index contributed by atoms with van der Waals surface area (Å²) in [5, 5.41) is 3.55. The van der Waals surface area contributed by atoms with Crippen LogP contribution in [0.25, 0.3) is 10.2 Å². The number of anilines is 1. The smallest absolute Gasteiger partial charge is 0.263 e. The standard InChI is InChI=1S/C21H23N3O4S/c1-4-15(19(25)23-14-10-12(27-2)8-9-16(14)28-3)24-11-22-20-18(21(24)26)13-6-5-7-17(13)29-20/h8-11,15H,4-7H2,1-3H3,(H,23,25). The highest BCUT2D eigenvalue weighted by atomic mass is 32.1. The number of benzene rings is 1. The SMILES string of the molecule is CCC(C(=O)Nc1cc(OC)ccc1OC)n1cnc2sc3c(c2c1=O)CCC3. The van der Waals surface area contributed by atoms with Crippen LogP contribution in [0.4, 0.5) is 5.69 Å². The zero-order valence-corrected chi connectivity index (χ0v) is 17.5. The van der Waals surface area contributed by atoms with Crippen LogP contribution < -0.4 is 20.3 Å². The summed E-state index contributed by atoms with van der Waals surface area (Å²) in [6.07, 6.45) is 4.92. The van der Waals surface area contributed by atoms with Gasteiger partial charge < -0.3 is 14.8 Å². The highest BCUT2D eigenvalue weighted by molar-refractivity contribution is 7.18. The van der Waals surface area contributed by atoms with Gasteiger partial charge in [-0.05, 0) is 43.4 Å². The van der Waals surface area contributed by atoms with Crippen molar-refractivity contribution in [3.05, 3.63) is 45.3 Å². The van der Waals surface area contributed by atoms with Crippen LogP contribution >= 0.6 is 11.3 Å². The van der Waals surface area contributed by atoms with Gasteiger partial charge in [0.25, 0.3) is 5.56 Å². The van der Waals surface area contributed by atoms with E-state index >= 15 is 0 Å². The molecule has 0 saturated heterocycles. The Bertz CT molecular complexity index is 1130. The quantitative estimate of drug-likeness (QED) is 0.668. The molecule has 29 heavy (non-hydrogen) atoms. The number of rotatable bonds is 6. The van der Waals surface area contributed by atoms with Crippen molar-refractivity contribution >= 4 is 33.1 Å². The third-order valence-electron chi connectivity index (χ3n) is 5.34. The van der Waals surface area contributed by atoms with Crippen LogP contribution in [0.5, 0.6) is 11.5 Å². The van der Waals surface area contributed by atoms with Gasteiger partial charge in [-0.2, -0.15) is 0 Å². The summed E-state index contributed by atoms with van der Waals surface area (Å²) in [5.41, 5.74) is 1.46. The van der Waals surface area contributed by atoms with Crippen molar-refractivity contribution in [2.24, 2.45) is 0 Å². The van der Waals surface area contributed by atoms with Gasteiger partial charge in [0.05, 0.1) is 31.6 Å². The maximum Gasteiger partial charge on any atom is 0.263 e. The molecule has 3 aromatic rings. The van der Waals surface area contributed by atoms with Gasteiger partial charge in [0.15, 0.2) is 0 Å². The first-order chi connectivity index (χ1) is 14.1. The molecule has 1 aliphatic carbocycles. The molecule has 0 aliphatic heterocycles. The van der Waals surface area contributed by atoms with E-state index in [1.54, 1.807) is 36.6 Å². The summed E-state index contributed by atoms with van der Waals surface area (Å²) in [4.78, 5) is 32.8. The number of nitrogens with one attached hydrogen (secondary N) is 1. The maximum absolute atomic E-state index is 13.2. The number of ether oxygens (including phenoxy) is 2. The second-order valence-corrected chi connectivity index (χ2v) is 8.06. The van der Waals surface area contributed by atoms with Gasteiger partial charge >= 0.3 is 0 Å². The minimum absolute atomic E-state index is 0.144. The largest absolute Gasteiger partial charge is 0.497 e. The molecule has 1 aliphatic rings. The van der Waals surface area contributed by atoms with Gasteiger partial charge in [-0.15, -0.1) is 11.3 Å². The molecule has 0 spiro atoms. The maximum atomic E-state index is 13.2. The molecule has 2 aromatic heterocycles. The molecule has 0 radical (unpaired) electrons. The summed E-state index contributed by atoms with van der Waals surface area (Å²) in [5.74, 6) is 0.822. The number of methoxy groups -OCH3 is 2. The molecule has 8 heteroatoms. The molecule has 4 rings (SSSR count). The van der Waals surface area contributed by atoms with E-state index in [1.165, 1.54) is 22.9 Å². The molecule has 7 nitrogen and oxygen atoms in total. The van der Waals surface area contributed by atoms with E-state index < -0.39 is 6.04 Å². The Hall–Kier alpha value is -2.87. The Kier molecular flexibility index (Phi) is 5.27. The normalized spacial score (nSPS) is 13.9. The Balaban J connectivity index is 1.70. The Morgan fingerprint density at radius 1 is 1.31 bits per heavy atom. The number of aryl methyl sites for hydroxylation is 2. The number of amides is 1. The van der Waals surface area contributed by atoms with Gasteiger partial charge in [-0.25, -0.2) is 4.98 Å². The Morgan fingerprint density at radius 2 is 2.14 bits per heavy atom. The number of hydrogen-bond acceptors (Lipinski definition) is 6.